The van der Waals surface area contributed by atoms with Crippen molar-refractivity contribution < 1.29 is 9.90 Å². The fraction of sp³-hybridized carbons (Fsp3) is 0.435. The van der Waals surface area contributed by atoms with Gasteiger partial charge in [-0.05, 0) is 61.3 Å². The van der Waals surface area contributed by atoms with E-state index in [-0.39, 0.29) is 6.42 Å². The van der Waals surface area contributed by atoms with Crippen molar-refractivity contribution in [3.05, 3.63) is 52.6 Å². The van der Waals surface area contributed by atoms with Gasteiger partial charge in [0, 0.05) is 15.2 Å². The molecule has 28 heavy (non-hydrogen) atoms. The first-order valence-corrected chi connectivity index (χ1v) is 10.7. The predicted molar refractivity (Wildman–Crippen MR) is 113 cm³/mol. The van der Waals surface area contributed by atoms with E-state index in [1.54, 1.807) is 6.20 Å². The topological polar surface area (TPSA) is 63.1 Å². The summed E-state index contributed by atoms with van der Waals surface area (Å²) in [6, 6.07) is 4.57. The molecule has 4 nitrogen and oxygen atoms in total. The van der Waals surface area contributed by atoms with Gasteiger partial charge in [-0.25, -0.2) is 4.98 Å². The van der Waals surface area contributed by atoms with Crippen molar-refractivity contribution in [2.24, 2.45) is 0 Å². The Balaban J connectivity index is 1.86. The second-order valence-electron chi connectivity index (χ2n) is 7.18. The molecule has 0 fully saturated rings. The molecule has 0 saturated carbocycles. The Hall–Kier alpha value is -2.32. The Morgan fingerprint density at radius 1 is 1.18 bits per heavy atom. The summed E-state index contributed by atoms with van der Waals surface area (Å²) in [7, 11) is 0. The van der Waals surface area contributed by atoms with Crippen LogP contribution in [-0.4, -0.2) is 25.8 Å². The van der Waals surface area contributed by atoms with Gasteiger partial charge in [0.15, 0.2) is 0 Å². The monoisotopic (exact) mass is 394 g/mol. The first-order chi connectivity index (χ1) is 13.5. The normalized spacial score (nSPS) is 14.7. The van der Waals surface area contributed by atoms with E-state index in [2.05, 4.69) is 54.7 Å². The van der Waals surface area contributed by atoms with Crippen LogP contribution in [-0.2, 0) is 24.1 Å². The molecule has 2 heterocycles. The Kier molecular flexibility index (Phi) is 6.41. The minimum absolute atomic E-state index is 0.125. The van der Waals surface area contributed by atoms with Crippen LogP contribution in [0.5, 0.6) is 0 Å². The maximum Gasteiger partial charge on any atom is 0.309 e. The van der Waals surface area contributed by atoms with Crippen molar-refractivity contribution in [3.63, 3.8) is 0 Å². The summed E-state index contributed by atoms with van der Waals surface area (Å²) >= 11 is 2.05. The molecule has 0 saturated heterocycles. The van der Waals surface area contributed by atoms with E-state index in [1.165, 1.54) is 41.5 Å². The van der Waals surface area contributed by atoms with Crippen molar-refractivity contribution in [3.8, 4) is 11.8 Å². The molecule has 0 aliphatic carbocycles. The summed E-state index contributed by atoms with van der Waals surface area (Å²) in [5.41, 5.74) is 4.70. The number of rotatable bonds is 5. The molecule has 1 aliphatic heterocycles. The third-order valence-electron chi connectivity index (χ3n) is 5.50. The highest BCUT2D eigenvalue weighted by molar-refractivity contribution is 8.00. The van der Waals surface area contributed by atoms with Crippen LogP contribution >= 0.6 is 11.8 Å². The van der Waals surface area contributed by atoms with Crippen LogP contribution in [0.1, 0.15) is 68.1 Å². The largest absolute Gasteiger partial charge is 0.481 e. The second-order valence-corrected chi connectivity index (χ2v) is 8.69. The lowest BCUT2D eigenvalue weighted by atomic mass is 9.91. The fourth-order valence-corrected chi connectivity index (χ4v) is 5.01. The third-order valence-corrected chi connectivity index (χ3v) is 7.31. The average molecular weight is 395 g/mol. The maximum absolute atomic E-state index is 10.7. The smallest absolute Gasteiger partial charge is 0.309 e. The SMILES string of the molecule is CCc1cc2c(cc1C#Cc1cnc(CC(=O)O)cn1)CCC(CC)(CC)S2. The number of fused-ring (bicyclic) bond motifs is 1. The molecule has 1 aromatic carbocycles. The average Bonchev–Trinajstić information content (AvgIpc) is 2.71. The van der Waals surface area contributed by atoms with Gasteiger partial charge in [-0.15, -0.1) is 11.8 Å². The summed E-state index contributed by atoms with van der Waals surface area (Å²) < 4.78 is 0.374. The Bertz CT molecular complexity index is 922. The lowest BCUT2D eigenvalue weighted by molar-refractivity contribution is -0.136. The highest BCUT2D eigenvalue weighted by Gasteiger charge is 2.32. The molecule has 1 aromatic heterocycles. The van der Waals surface area contributed by atoms with Crippen molar-refractivity contribution in [2.45, 2.75) is 68.9 Å². The molecule has 5 heteroatoms. The summed E-state index contributed by atoms with van der Waals surface area (Å²) in [6.45, 7) is 6.75. The number of hydrogen-bond donors (Lipinski definition) is 1. The summed E-state index contributed by atoms with van der Waals surface area (Å²) in [5.74, 6) is 5.43. The molecule has 1 N–H and O–H groups in total. The molecular weight excluding hydrogens is 368 g/mol. The van der Waals surface area contributed by atoms with Crippen LogP contribution in [0.15, 0.2) is 29.4 Å². The van der Waals surface area contributed by atoms with Crippen LogP contribution < -0.4 is 0 Å². The van der Waals surface area contributed by atoms with E-state index < -0.39 is 5.97 Å². The standard InChI is InChI=1S/C23H26N2O2S/c1-4-16-12-21-18(9-10-23(5-2,6-3)28-21)11-17(16)7-8-19-14-25-20(15-24-19)13-22(26)27/h11-12,14-15H,4-6,9-10,13H2,1-3H3,(H,26,27). The Morgan fingerprint density at radius 2 is 1.96 bits per heavy atom. The van der Waals surface area contributed by atoms with Gasteiger partial charge in [-0.3, -0.25) is 9.78 Å². The van der Waals surface area contributed by atoms with Crippen LogP contribution in [0.4, 0.5) is 0 Å². The van der Waals surface area contributed by atoms with Gasteiger partial charge in [0.05, 0.1) is 24.5 Å². The highest BCUT2D eigenvalue weighted by Crippen LogP contribution is 2.47. The van der Waals surface area contributed by atoms with Gasteiger partial charge in [0.1, 0.15) is 5.69 Å². The summed E-state index contributed by atoms with van der Waals surface area (Å²) in [5, 5.41) is 8.81. The molecule has 3 rings (SSSR count). The van der Waals surface area contributed by atoms with Gasteiger partial charge < -0.3 is 5.11 Å². The van der Waals surface area contributed by atoms with Gasteiger partial charge >= 0.3 is 5.97 Å². The Labute approximate surface area is 171 Å². The zero-order chi connectivity index (χ0) is 20.1. The minimum atomic E-state index is -0.914. The van der Waals surface area contributed by atoms with Gasteiger partial charge in [-0.1, -0.05) is 26.7 Å². The van der Waals surface area contributed by atoms with Crippen LogP contribution in [0, 0.1) is 11.8 Å². The molecule has 0 spiro atoms. The minimum Gasteiger partial charge on any atom is -0.481 e. The van der Waals surface area contributed by atoms with Gasteiger partial charge in [0.2, 0.25) is 0 Å². The molecular formula is C23H26N2O2S. The number of hydrogen-bond acceptors (Lipinski definition) is 4. The summed E-state index contributed by atoms with van der Waals surface area (Å²) in [4.78, 5) is 20.5. The first kappa shape index (κ1) is 20.4. The number of carboxylic acid groups (broad SMARTS) is 1. The number of carbonyl (C=O) groups is 1. The molecule has 1 aliphatic rings. The first-order valence-electron chi connectivity index (χ1n) is 9.88. The lowest BCUT2D eigenvalue weighted by Gasteiger charge is -2.36. The lowest BCUT2D eigenvalue weighted by Crippen LogP contribution is -2.27. The van der Waals surface area contributed by atoms with Crippen molar-refractivity contribution in [1.82, 2.24) is 9.97 Å². The van der Waals surface area contributed by atoms with E-state index in [4.69, 9.17) is 5.11 Å². The van der Waals surface area contributed by atoms with E-state index in [0.29, 0.717) is 16.1 Å². The predicted octanol–water partition coefficient (Wildman–Crippen LogP) is 4.66. The number of aryl methyl sites for hydroxylation is 2. The quantitative estimate of drug-likeness (QED) is 0.747. The number of carboxylic acids is 1. The second kappa shape index (κ2) is 8.79. The molecule has 0 bridgehead atoms. The molecule has 2 aromatic rings. The van der Waals surface area contributed by atoms with E-state index in [1.807, 2.05) is 11.8 Å². The van der Waals surface area contributed by atoms with Crippen molar-refractivity contribution in [1.29, 1.82) is 0 Å². The van der Waals surface area contributed by atoms with E-state index >= 15 is 0 Å². The number of nitrogens with zero attached hydrogens (tertiary/aromatic N) is 2. The zero-order valence-corrected chi connectivity index (χ0v) is 17.5. The highest BCUT2D eigenvalue weighted by atomic mass is 32.2. The Morgan fingerprint density at radius 3 is 2.57 bits per heavy atom. The summed E-state index contributed by atoms with van der Waals surface area (Å²) in [6.07, 6.45) is 8.56. The molecule has 0 unspecified atom stereocenters. The zero-order valence-electron chi connectivity index (χ0n) is 16.7. The van der Waals surface area contributed by atoms with Crippen LogP contribution in [0.3, 0.4) is 0 Å². The number of benzene rings is 1. The van der Waals surface area contributed by atoms with Crippen molar-refractivity contribution in [2.75, 3.05) is 0 Å². The van der Waals surface area contributed by atoms with Gasteiger partial charge in [-0.2, -0.15) is 0 Å². The fourth-order valence-electron chi connectivity index (χ4n) is 3.56. The van der Waals surface area contributed by atoms with Crippen LogP contribution in [0.2, 0.25) is 0 Å². The van der Waals surface area contributed by atoms with Crippen LogP contribution in [0.25, 0.3) is 0 Å². The molecule has 0 atom stereocenters. The third kappa shape index (κ3) is 4.56. The molecule has 0 radical (unpaired) electrons. The maximum atomic E-state index is 10.7. The number of aromatic nitrogens is 2. The van der Waals surface area contributed by atoms with Gasteiger partial charge in [0.25, 0.3) is 0 Å². The number of thioether (sulfide) groups is 1. The van der Waals surface area contributed by atoms with E-state index in [9.17, 15) is 4.79 Å². The van der Waals surface area contributed by atoms with E-state index in [0.717, 1.165) is 18.4 Å². The van der Waals surface area contributed by atoms with Crippen molar-refractivity contribution >= 4 is 17.7 Å². The molecule has 0 amide bonds. The number of aliphatic carboxylic acids is 1. The molecule has 146 valence electrons.